The molecule has 0 amide bonds. The minimum Gasteiger partial charge on any atom is -0.494 e. The van der Waals surface area contributed by atoms with Gasteiger partial charge in [-0.25, -0.2) is 4.98 Å². The largest absolute Gasteiger partial charge is 0.494 e. The average molecular weight is 369 g/mol. The van der Waals surface area contributed by atoms with E-state index in [0.29, 0.717) is 30.6 Å². The van der Waals surface area contributed by atoms with Gasteiger partial charge in [-0.05, 0) is 51.5 Å². The van der Waals surface area contributed by atoms with Gasteiger partial charge in [-0.3, -0.25) is 0 Å². The molecule has 0 aliphatic carbocycles. The molecule has 0 saturated carbocycles. The molecule has 0 atom stereocenters. The van der Waals surface area contributed by atoms with E-state index in [-0.39, 0.29) is 0 Å². The van der Waals surface area contributed by atoms with Gasteiger partial charge in [-0.15, -0.1) is 0 Å². The molecule has 0 aliphatic rings. The van der Waals surface area contributed by atoms with E-state index in [1.54, 1.807) is 0 Å². The number of hydrogen-bond donors (Lipinski definition) is 1. The number of fused-ring (bicyclic) bond motifs is 1. The van der Waals surface area contributed by atoms with E-state index in [1.807, 2.05) is 45.0 Å². The van der Waals surface area contributed by atoms with Gasteiger partial charge in [0.05, 0.1) is 13.2 Å². The van der Waals surface area contributed by atoms with Crippen LogP contribution in [-0.4, -0.2) is 32.7 Å². The van der Waals surface area contributed by atoms with Crippen molar-refractivity contribution in [1.29, 1.82) is 0 Å². The number of unbranched alkanes of at least 4 members (excludes halogenated alkanes) is 1. The number of hydrogen-bond acceptors (Lipinski definition) is 6. The number of nitrogens with zero attached hydrogens (tertiary/aromatic N) is 4. The fourth-order valence-corrected chi connectivity index (χ4v) is 2.89. The molecule has 0 saturated heterocycles. The summed E-state index contributed by atoms with van der Waals surface area (Å²) in [7, 11) is 0. The molecule has 0 fully saturated rings. The van der Waals surface area contributed by atoms with E-state index in [4.69, 9.17) is 14.5 Å². The van der Waals surface area contributed by atoms with Gasteiger partial charge < -0.3 is 19.4 Å². The van der Waals surface area contributed by atoms with Crippen LogP contribution in [-0.2, 0) is 6.54 Å². The van der Waals surface area contributed by atoms with Crippen molar-refractivity contribution in [3.8, 4) is 11.6 Å². The van der Waals surface area contributed by atoms with Crippen molar-refractivity contribution in [2.24, 2.45) is 0 Å². The van der Waals surface area contributed by atoms with Crippen molar-refractivity contribution in [3.63, 3.8) is 0 Å². The van der Waals surface area contributed by atoms with Gasteiger partial charge in [-0.2, -0.15) is 9.97 Å². The molecule has 0 aliphatic heterocycles. The highest BCUT2D eigenvalue weighted by atomic mass is 16.5. The molecule has 2 aromatic heterocycles. The van der Waals surface area contributed by atoms with E-state index in [2.05, 4.69) is 26.8 Å². The molecule has 1 N–H and O–H groups in total. The van der Waals surface area contributed by atoms with Crippen molar-refractivity contribution in [2.45, 2.75) is 47.1 Å². The molecule has 0 unspecified atom stereocenters. The fourth-order valence-electron chi connectivity index (χ4n) is 2.89. The number of aryl methyl sites for hydroxylation is 2. The van der Waals surface area contributed by atoms with Crippen molar-refractivity contribution in [3.05, 3.63) is 30.1 Å². The first-order valence-electron chi connectivity index (χ1n) is 9.53. The van der Waals surface area contributed by atoms with Crippen LogP contribution >= 0.6 is 0 Å². The van der Waals surface area contributed by atoms with Crippen LogP contribution in [0, 0.1) is 6.92 Å². The molecule has 0 bridgehead atoms. The molecule has 7 nitrogen and oxygen atoms in total. The second-order valence-electron chi connectivity index (χ2n) is 6.20. The van der Waals surface area contributed by atoms with Crippen LogP contribution < -0.4 is 14.8 Å². The zero-order valence-electron chi connectivity index (χ0n) is 16.5. The summed E-state index contributed by atoms with van der Waals surface area (Å²) in [5.74, 6) is 2.76. The predicted molar refractivity (Wildman–Crippen MR) is 107 cm³/mol. The third-order valence-corrected chi connectivity index (χ3v) is 4.19. The van der Waals surface area contributed by atoms with Gasteiger partial charge in [-0.1, -0.05) is 13.3 Å². The number of anilines is 2. The topological polar surface area (TPSA) is 74.1 Å². The first-order chi connectivity index (χ1) is 13.2. The van der Waals surface area contributed by atoms with Crippen LogP contribution in [0.25, 0.3) is 11.2 Å². The first-order valence-corrected chi connectivity index (χ1v) is 9.53. The molecule has 1 aromatic carbocycles. The van der Waals surface area contributed by atoms with Crippen LogP contribution in [0.4, 0.5) is 11.6 Å². The lowest BCUT2D eigenvalue weighted by Gasteiger charge is -2.10. The zero-order chi connectivity index (χ0) is 19.2. The molecule has 144 valence electrons. The number of nitrogens with one attached hydrogen (secondary N) is 1. The van der Waals surface area contributed by atoms with Crippen LogP contribution in [0.5, 0.6) is 11.6 Å². The smallest absolute Gasteiger partial charge is 0.247 e. The molecule has 3 rings (SSSR count). The Kier molecular flexibility index (Phi) is 6.11. The number of imidazole rings is 1. The fraction of sp³-hybridized carbons (Fsp3) is 0.450. The summed E-state index contributed by atoms with van der Waals surface area (Å²) in [4.78, 5) is 13.9. The van der Waals surface area contributed by atoms with Crippen LogP contribution in [0.15, 0.2) is 24.3 Å². The molecule has 2 heterocycles. The molecular weight excluding hydrogens is 342 g/mol. The Balaban J connectivity index is 1.96. The Hall–Kier alpha value is -2.83. The number of ether oxygens (including phenoxy) is 2. The summed E-state index contributed by atoms with van der Waals surface area (Å²) < 4.78 is 13.4. The number of aromatic nitrogens is 4. The van der Waals surface area contributed by atoms with Crippen LogP contribution in [0.3, 0.4) is 0 Å². The average Bonchev–Trinajstić information content (AvgIpc) is 2.98. The minimum atomic E-state index is 0.493. The monoisotopic (exact) mass is 369 g/mol. The Morgan fingerprint density at radius 2 is 1.70 bits per heavy atom. The summed E-state index contributed by atoms with van der Waals surface area (Å²) in [5, 5.41) is 3.26. The Morgan fingerprint density at radius 3 is 2.37 bits per heavy atom. The quantitative estimate of drug-likeness (QED) is 0.600. The Bertz CT molecular complexity index is 890. The highest BCUT2D eigenvalue weighted by Gasteiger charge is 2.17. The van der Waals surface area contributed by atoms with Crippen molar-refractivity contribution in [2.75, 3.05) is 18.5 Å². The van der Waals surface area contributed by atoms with E-state index < -0.39 is 0 Å². The summed E-state index contributed by atoms with van der Waals surface area (Å²) >= 11 is 0. The molecule has 0 spiro atoms. The van der Waals surface area contributed by atoms with Crippen molar-refractivity contribution in [1.82, 2.24) is 19.5 Å². The lowest BCUT2D eigenvalue weighted by Crippen LogP contribution is -2.05. The maximum absolute atomic E-state index is 5.73. The first kappa shape index (κ1) is 18.9. The summed E-state index contributed by atoms with van der Waals surface area (Å²) in [6.45, 7) is 10.1. The highest BCUT2D eigenvalue weighted by molar-refractivity contribution is 5.79. The van der Waals surface area contributed by atoms with Gasteiger partial charge >= 0.3 is 0 Å². The minimum absolute atomic E-state index is 0.493. The SMILES string of the molecule is CCCCn1c(C)nc2c(OCC)nc(Nc3ccc(OCC)cc3)nc21. The van der Waals surface area contributed by atoms with Gasteiger partial charge in [0.15, 0.2) is 11.2 Å². The predicted octanol–water partition coefficient (Wildman–Crippen LogP) is 4.48. The third-order valence-electron chi connectivity index (χ3n) is 4.19. The van der Waals surface area contributed by atoms with Gasteiger partial charge in [0.25, 0.3) is 0 Å². The summed E-state index contributed by atoms with van der Waals surface area (Å²) in [6, 6.07) is 7.73. The van der Waals surface area contributed by atoms with Gasteiger partial charge in [0.2, 0.25) is 11.8 Å². The second kappa shape index (κ2) is 8.70. The normalized spacial score (nSPS) is 11.0. The Morgan fingerprint density at radius 1 is 0.963 bits per heavy atom. The third kappa shape index (κ3) is 4.30. The number of benzene rings is 1. The lowest BCUT2D eigenvalue weighted by molar-refractivity contribution is 0.330. The van der Waals surface area contributed by atoms with E-state index >= 15 is 0 Å². The second-order valence-corrected chi connectivity index (χ2v) is 6.20. The highest BCUT2D eigenvalue weighted by Crippen LogP contribution is 2.27. The van der Waals surface area contributed by atoms with Crippen molar-refractivity contribution < 1.29 is 9.47 Å². The van der Waals surface area contributed by atoms with Crippen LogP contribution in [0.1, 0.15) is 39.4 Å². The number of rotatable bonds is 9. The zero-order valence-corrected chi connectivity index (χ0v) is 16.5. The maximum Gasteiger partial charge on any atom is 0.247 e. The summed E-state index contributed by atoms with van der Waals surface area (Å²) in [5.41, 5.74) is 2.40. The standard InChI is InChI=1S/C20H27N5O2/c1-5-8-13-25-14(4)21-17-18(25)23-20(24-19(17)27-7-3)22-15-9-11-16(12-10-15)26-6-2/h9-12H,5-8,13H2,1-4H3,(H,22,23,24). The molecule has 7 heteroatoms. The van der Waals surface area contributed by atoms with E-state index in [1.165, 1.54) is 0 Å². The van der Waals surface area contributed by atoms with Gasteiger partial charge in [0.1, 0.15) is 11.6 Å². The molecular formula is C20H27N5O2. The molecule has 0 radical (unpaired) electrons. The van der Waals surface area contributed by atoms with E-state index in [9.17, 15) is 0 Å². The maximum atomic E-state index is 5.73. The Labute approximate surface area is 159 Å². The van der Waals surface area contributed by atoms with Gasteiger partial charge in [0, 0.05) is 12.2 Å². The summed E-state index contributed by atoms with van der Waals surface area (Å²) in [6.07, 6.45) is 2.18. The van der Waals surface area contributed by atoms with E-state index in [0.717, 1.165) is 42.3 Å². The molecule has 3 aromatic rings. The molecule has 27 heavy (non-hydrogen) atoms. The van der Waals surface area contributed by atoms with Crippen LogP contribution in [0.2, 0.25) is 0 Å². The lowest BCUT2D eigenvalue weighted by atomic mass is 10.3. The van der Waals surface area contributed by atoms with Crippen molar-refractivity contribution >= 4 is 22.8 Å².